The first kappa shape index (κ1) is 17.3. The van der Waals surface area contributed by atoms with Crippen molar-refractivity contribution in [2.75, 3.05) is 27.2 Å². The second kappa shape index (κ2) is 6.59. The standard InChI is InChI=1S/C16H18F3N3O/c1-21-9-13(14(10-21)16(17,18)19)15(23)22(2)8-12-5-3-4-11(6-12)7-20/h3-6,13-14H,8-10H2,1-2H3/t13-,14-/m1/s1. The Labute approximate surface area is 133 Å². The van der Waals surface area contributed by atoms with E-state index in [1.807, 2.05) is 6.07 Å². The largest absolute Gasteiger partial charge is 0.393 e. The summed E-state index contributed by atoms with van der Waals surface area (Å²) in [5.74, 6) is -3.23. The van der Waals surface area contributed by atoms with Gasteiger partial charge in [0.05, 0.1) is 23.5 Å². The monoisotopic (exact) mass is 325 g/mol. The number of carbonyl (C=O) groups excluding carboxylic acids is 1. The summed E-state index contributed by atoms with van der Waals surface area (Å²) in [7, 11) is 3.08. The van der Waals surface area contributed by atoms with Crippen LogP contribution in [0.25, 0.3) is 0 Å². The predicted molar refractivity (Wildman–Crippen MR) is 78.2 cm³/mol. The maximum atomic E-state index is 13.1. The maximum absolute atomic E-state index is 13.1. The molecule has 2 atom stereocenters. The Morgan fingerprint density at radius 3 is 2.74 bits per heavy atom. The van der Waals surface area contributed by atoms with E-state index in [0.29, 0.717) is 5.56 Å². The first-order valence-corrected chi connectivity index (χ1v) is 7.21. The molecule has 0 N–H and O–H groups in total. The third-order valence-electron chi connectivity index (χ3n) is 4.09. The highest BCUT2D eigenvalue weighted by Gasteiger charge is 2.52. The maximum Gasteiger partial charge on any atom is 0.393 e. The van der Waals surface area contributed by atoms with Crippen LogP contribution in [-0.4, -0.2) is 49.1 Å². The van der Waals surface area contributed by atoms with E-state index in [4.69, 9.17) is 5.26 Å². The molecule has 2 rings (SSSR count). The quantitative estimate of drug-likeness (QED) is 0.856. The van der Waals surface area contributed by atoms with Crippen LogP contribution >= 0.6 is 0 Å². The van der Waals surface area contributed by atoms with Gasteiger partial charge in [0.25, 0.3) is 0 Å². The minimum Gasteiger partial charge on any atom is -0.341 e. The number of rotatable bonds is 3. The molecule has 1 saturated heterocycles. The van der Waals surface area contributed by atoms with Crippen molar-refractivity contribution in [1.82, 2.24) is 9.80 Å². The molecule has 1 aromatic rings. The molecule has 124 valence electrons. The number of hydrogen-bond acceptors (Lipinski definition) is 3. The van der Waals surface area contributed by atoms with Crippen molar-refractivity contribution in [3.63, 3.8) is 0 Å². The third kappa shape index (κ3) is 4.02. The highest BCUT2D eigenvalue weighted by molar-refractivity contribution is 5.79. The van der Waals surface area contributed by atoms with Crippen LogP contribution in [0.15, 0.2) is 24.3 Å². The van der Waals surface area contributed by atoms with Gasteiger partial charge in [-0.15, -0.1) is 0 Å². The fraction of sp³-hybridized carbons (Fsp3) is 0.500. The van der Waals surface area contributed by atoms with E-state index in [0.717, 1.165) is 5.56 Å². The van der Waals surface area contributed by atoms with Crippen LogP contribution in [0.1, 0.15) is 11.1 Å². The van der Waals surface area contributed by atoms with Crippen molar-refractivity contribution >= 4 is 5.91 Å². The molecule has 23 heavy (non-hydrogen) atoms. The number of hydrogen-bond donors (Lipinski definition) is 0. The zero-order chi connectivity index (χ0) is 17.2. The van der Waals surface area contributed by atoms with Gasteiger partial charge in [-0.25, -0.2) is 0 Å². The molecule has 0 radical (unpaired) electrons. The summed E-state index contributed by atoms with van der Waals surface area (Å²) in [6, 6.07) is 8.70. The van der Waals surface area contributed by atoms with Crippen molar-refractivity contribution in [1.29, 1.82) is 5.26 Å². The van der Waals surface area contributed by atoms with Crippen LogP contribution in [0.2, 0.25) is 0 Å². The van der Waals surface area contributed by atoms with E-state index < -0.39 is 23.9 Å². The number of carbonyl (C=O) groups is 1. The van der Waals surface area contributed by atoms with Gasteiger partial charge in [-0.3, -0.25) is 4.79 Å². The van der Waals surface area contributed by atoms with Crippen molar-refractivity contribution in [2.24, 2.45) is 11.8 Å². The van der Waals surface area contributed by atoms with Crippen molar-refractivity contribution < 1.29 is 18.0 Å². The summed E-state index contributed by atoms with van der Waals surface area (Å²) in [5, 5.41) is 8.87. The Bertz CT molecular complexity index is 624. The molecule has 0 bridgehead atoms. The number of nitrogens with zero attached hydrogens (tertiary/aromatic N) is 3. The van der Waals surface area contributed by atoms with Crippen LogP contribution in [0.5, 0.6) is 0 Å². The van der Waals surface area contributed by atoms with E-state index in [2.05, 4.69) is 0 Å². The molecule has 0 spiro atoms. The summed E-state index contributed by atoms with van der Waals surface area (Å²) in [6.45, 7) is 0.127. The molecule has 1 heterocycles. The Morgan fingerprint density at radius 2 is 2.13 bits per heavy atom. The fourth-order valence-electron chi connectivity index (χ4n) is 2.96. The highest BCUT2D eigenvalue weighted by atomic mass is 19.4. The molecule has 1 aromatic carbocycles. The zero-order valence-corrected chi connectivity index (χ0v) is 13.0. The third-order valence-corrected chi connectivity index (χ3v) is 4.09. The molecule has 0 aliphatic carbocycles. The first-order valence-electron chi connectivity index (χ1n) is 7.21. The average Bonchev–Trinajstić information content (AvgIpc) is 2.88. The zero-order valence-electron chi connectivity index (χ0n) is 13.0. The van der Waals surface area contributed by atoms with Gasteiger partial charge < -0.3 is 9.80 Å². The van der Waals surface area contributed by atoms with Gasteiger partial charge >= 0.3 is 6.18 Å². The van der Waals surface area contributed by atoms with Crippen molar-refractivity contribution in [3.05, 3.63) is 35.4 Å². The Balaban J connectivity index is 2.11. The first-order chi connectivity index (χ1) is 10.7. The summed E-state index contributed by atoms with van der Waals surface area (Å²) in [4.78, 5) is 15.3. The van der Waals surface area contributed by atoms with Crippen molar-refractivity contribution in [2.45, 2.75) is 12.7 Å². The Hall–Kier alpha value is -2.07. The summed E-state index contributed by atoms with van der Waals surface area (Å²) >= 11 is 0. The van der Waals surface area contributed by atoms with E-state index in [1.165, 1.54) is 16.8 Å². The summed E-state index contributed by atoms with van der Waals surface area (Å²) in [6.07, 6.45) is -4.38. The normalized spacial score (nSPS) is 21.9. The lowest BCUT2D eigenvalue weighted by atomic mass is 9.94. The highest BCUT2D eigenvalue weighted by Crippen LogP contribution is 2.37. The predicted octanol–water partition coefficient (Wildman–Crippen LogP) is 2.26. The second-order valence-corrected chi connectivity index (χ2v) is 5.98. The molecule has 4 nitrogen and oxygen atoms in total. The van der Waals surface area contributed by atoms with Gasteiger partial charge in [-0.05, 0) is 24.7 Å². The van der Waals surface area contributed by atoms with Crippen molar-refractivity contribution in [3.8, 4) is 6.07 Å². The van der Waals surface area contributed by atoms with Crippen LogP contribution in [-0.2, 0) is 11.3 Å². The van der Waals surface area contributed by atoms with Gasteiger partial charge in [-0.1, -0.05) is 12.1 Å². The lowest BCUT2D eigenvalue weighted by Gasteiger charge is -2.25. The van der Waals surface area contributed by atoms with Crippen LogP contribution in [0.3, 0.4) is 0 Å². The number of benzene rings is 1. The molecule has 0 aromatic heterocycles. The topological polar surface area (TPSA) is 47.3 Å². The van der Waals surface area contributed by atoms with E-state index in [9.17, 15) is 18.0 Å². The van der Waals surface area contributed by atoms with Crippen LogP contribution < -0.4 is 0 Å². The number of alkyl halides is 3. The van der Waals surface area contributed by atoms with Gasteiger partial charge in [0.2, 0.25) is 5.91 Å². The summed E-state index contributed by atoms with van der Waals surface area (Å²) < 4.78 is 39.3. The molecule has 0 saturated carbocycles. The number of amides is 1. The molecule has 0 unspecified atom stereocenters. The van der Waals surface area contributed by atoms with E-state index in [-0.39, 0.29) is 19.6 Å². The summed E-state index contributed by atoms with van der Waals surface area (Å²) in [5.41, 5.74) is 1.17. The second-order valence-electron chi connectivity index (χ2n) is 5.98. The fourth-order valence-corrected chi connectivity index (χ4v) is 2.96. The van der Waals surface area contributed by atoms with Gasteiger partial charge in [0, 0.05) is 26.7 Å². The lowest BCUT2D eigenvalue weighted by Crippen LogP contribution is -2.40. The Kier molecular flexibility index (Phi) is 4.95. The smallest absolute Gasteiger partial charge is 0.341 e. The number of likely N-dealkylation sites (tertiary alicyclic amines) is 1. The van der Waals surface area contributed by atoms with Gasteiger partial charge in [0.1, 0.15) is 0 Å². The molecule has 1 aliphatic rings. The lowest BCUT2D eigenvalue weighted by molar-refractivity contribution is -0.185. The molecular formula is C16H18F3N3O. The van der Waals surface area contributed by atoms with Gasteiger partial charge in [0.15, 0.2) is 0 Å². The minimum absolute atomic E-state index is 0.103. The van der Waals surface area contributed by atoms with Crippen LogP contribution in [0.4, 0.5) is 13.2 Å². The van der Waals surface area contributed by atoms with Crippen LogP contribution in [0, 0.1) is 23.2 Å². The van der Waals surface area contributed by atoms with E-state index in [1.54, 1.807) is 31.3 Å². The Morgan fingerprint density at radius 1 is 1.43 bits per heavy atom. The molecule has 7 heteroatoms. The molecule has 1 fully saturated rings. The minimum atomic E-state index is -4.38. The SMILES string of the molecule is CN1C[C@@H](C(F)(F)F)[C@H](C(=O)N(C)Cc2cccc(C#N)c2)C1. The molecular weight excluding hydrogens is 307 g/mol. The molecule has 1 aliphatic heterocycles. The number of nitriles is 1. The molecule has 1 amide bonds. The number of halogens is 3. The average molecular weight is 325 g/mol. The van der Waals surface area contributed by atoms with E-state index >= 15 is 0 Å². The van der Waals surface area contributed by atoms with Gasteiger partial charge in [-0.2, -0.15) is 18.4 Å².